The van der Waals surface area contributed by atoms with Crippen molar-refractivity contribution in [3.8, 4) is 6.07 Å². The van der Waals surface area contributed by atoms with Crippen molar-refractivity contribution < 1.29 is 9.59 Å². The molecule has 1 heterocycles. The number of hydrogen-bond donors (Lipinski definition) is 2. The van der Waals surface area contributed by atoms with Gasteiger partial charge in [-0.25, -0.2) is 4.79 Å². The van der Waals surface area contributed by atoms with Crippen LogP contribution in [0.5, 0.6) is 0 Å². The minimum atomic E-state index is -0.266. The first kappa shape index (κ1) is 22.4. The van der Waals surface area contributed by atoms with Crippen LogP contribution in [0, 0.1) is 11.3 Å². The van der Waals surface area contributed by atoms with Gasteiger partial charge < -0.3 is 15.5 Å². The number of piperidine rings is 1. The molecule has 0 unspecified atom stereocenters. The van der Waals surface area contributed by atoms with Crippen LogP contribution >= 0.6 is 0 Å². The molecule has 2 aromatic carbocycles. The van der Waals surface area contributed by atoms with Crippen molar-refractivity contribution in [1.29, 1.82) is 5.26 Å². The van der Waals surface area contributed by atoms with E-state index in [0.29, 0.717) is 35.8 Å². The molecule has 1 saturated heterocycles. The van der Waals surface area contributed by atoms with E-state index in [1.165, 1.54) is 5.56 Å². The topological polar surface area (TPSA) is 85.2 Å². The molecule has 6 heteroatoms. The van der Waals surface area contributed by atoms with Gasteiger partial charge in [0.15, 0.2) is 0 Å². The number of likely N-dealkylation sites (tertiary alicyclic amines) is 1. The summed E-state index contributed by atoms with van der Waals surface area (Å²) in [5.41, 5.74) is 4.15. The number of hydrogen-bond acceptors (Lipinski definition) is 3. The first-order valence-electron chi connectivity index (χ1n) is 10.9. The molecular weight excluding hydrogens is 388 g/mol. The SMILES string of the molecule is CCc1ccc(C(=O)N2CCC(c3ccc(C#N)cc3)CC2)cc1NC(=O)NC(C)C. The Morgan fingerprint density at radius 3 is 2.39 bits per heavy atom. The number of carbonyl (C=O) groups is 2. The summed E-state index contributed by atoms with van der Waals surface area (Å²) in [5, 5.41) is 14.7. The Balaban J connectivity index is 1.66. The third kappa shape index (κ3) is 5.64. The van der Waals surface area contributed by atoms with Crippen LogP contribution in [0.3, 0.4) is 0 Å². The normalized spacial score (nSPS) is 14.2. The first-order chi connectivity index (χ1) is 14.9. The molecule has 162 valence electrons. The fraction of sp³-hybridized carbons (Fsp3) is 0.400. The number of urea groups is 1. The van der Waals surface area contributed by atoms with Gasteiger partial charge in [-0.15, -0.1) is 0 Å². The molecule has 6 nitrogen and oxygen atoms in total. The van der Waals surface area contributed by atoms with Crippen molar-refractivity contribution in [3.05, 3.63) is 64.7 Å². The maximum Gasteiger partial charge on any atom is 0.319 e. The Bertz CT molecular complexity index is 968. The highest BCUT2D eigenvalue weighted by molar-refractivity contribution is 5.97. The van der Waals surface area contributed by atoms with Crippen molar-refractivity contribution >= 4 is 17.6 Å². The van der Waals surface area contributed by atoms with Crippen LogP contribution in [0.25, 0.3) is 0 Å². The number of aryl methyl sites for hydroxylation is 1. The average Bonchev–Trinajstić information content (AvgIpc) is 2.78. The number of nitriles is 1. The molecule has 0 bridgehead atoms. The van der Waals surface area contributed by atoms with Crippen molar-refractivity contribution in [2.75, 3.05) is 18.4 Å². The van der Waals surface area contributed by atoms with Gasteiger partial charge in [0.25, 0.3) is 5.91 Å². The summed E-state index contributed by atoms with van der Waals surface area (Å²) in [4.78, 5) is 27.1. The van der Waals surface area contributed by atoms with Gasteiger partial charge in [0.05, 0.1) is 11.6 Å². The minimum Gasteiger partial charge on any atom is -0.339 e. The van der Waals surface area contributed by atoms with Crippen molar-refractivity contribution in [2.45, 2.75) is 52.0 Å². The van der Waals surface area contributed by atoms with Crippen molar-refractivity contribution in [2.24, 2.45) is 0 Å². The maximum absolute atomic E-state index is 13.1. The van der Waals surface area contributed by atoms with Gasteiger partial charge in [-0.1, -0.05) is 25.1 Å². The van der Waals surface area contributed by atoms with E-state index >= 15 is 0 Å². The van der Waals surface area contributed by atoms with E-state index in [-0.39, 0.29) is 18.0 Å². The van der Waals surface area contributed by atoms with E-state index in [1.54, 1.807) is 6.07 Å². The second-order valence-corrected chi connectivity index (χ2v) is 8.28. The zero-order chi connectivity index (χ0) is 22.4. The zero-order valence-electron chi connectivity index (χ0n) is 18.4. The molecule has 0 aromatic heterocycles. The quantitative estimate of drug-likeness (QED) is 0.740. The van der Waals surface area contributed by atoms with Gasteiger partial charge in [-0.2, -0.15) is 5.26 Å². The molecule has 3 amide bonds. The molecule has 2 N–H and O–H groups in total. The Hall–Kier alpha value is -3.33. The molecule has 0 aliphatic carbocycles. The average molecular weight is 419 g/mol. The standard InChI is InChI=1S/C25H30N4O2/c1-4-19-9-10-22(15-23(19)28-25(31)27-17(2)3)24(30)29-13-11-21(12-14-29)20-7-5-18(16-26)6-8-20/h5-10,15,17,21H,4,11-14H2,1-3H3,(H2,27,28,31). The van der Waals surface area contributed by atoms with Crippen LogP contribution in [0.4, 0.5) is 10.5 Å². The number of carbonyl (C=O) groups excluding carboxylic acids is 2. The second kappa shape index (κ2) is 10.1. The lowest BCUT2D eigenvalue weighted by molar-refractivity contribution is 0.0713. The van der Waals surface area contributed by atoms with Crippen molar-refractivity contribution in [3.63, 3.8) is 0 Å². The van der Waals surface area contributed by atoms with Crippen LogP contribution in [0.2, 0.25) is 0 Å². The largest absolute Gasteiger partial charge is 0.339 e. The van der Waals surface area contributed by atoms with Gasteiger partial charge in [-0.3, -0.25) is 4.79 Å². The van der Waals surface area contributed by atoms with Gasteiger partial charge in [0.1, 0.15) is 0 Å². The zero-order valence-corrected chi connectivity index (χ0v) is 18.4. The van der Waals surface area contributed by atoms with Crippen LogP contribution in [-0.2, 0) is 6.42 Å². The smallest absolute Gasteiger partial charge is 0.319 e. The van der Waals surface area contributed by atoms with Gasteiger partial charge in [0, 0.05) is 30.4 Å². The Kier molecular flexibility index (Phi) is 7.30. The summed E-state index contributed by atoms with van der Waals surface area (Å²) in [6, 6.07) is 15.2. The maximum atomic E-state index is 13.1. The summed E-state index contributed by atoms with van der Waals surface area (Å²) in [5.74, 6) is 0.393. The molecule has 3 rings (SSSR count). The fourth-order valence-corrected chi connectivity index (χ4v) is 3.98. The molecule has 0 saturated carbocycles. The third-order valence-electron chi connectivity index (χ3n) is 5.70. The number of nitrogens with zero attached hydrogens (tertiary/aromatic N) is 2. The van der Waals surface area contributed by atoms with Crippen LogP contribution < -0.4 is 10.6 Å². The van der Waals surface area contributed by atoms with E-state index in [4.69, 9.17) is 5.26 Å². The van der Waals surface area contributed by atoms with E-state index < -0.39 is 0 Å². The summed E-state index contributed by atoms with van der Waals surface area (Å²) in [7, 11) is 0. The molecule has 1 aliphatic rings. The summed E-state index contributed by atoms with van der Waals surface area (Å²) in [6.45, 7) is 7.21. The Morgan fingerprint density at radius 2 is 1.81 bits per heavy atom. The van der Waals surface area contributed by atoms with Gasteiger partial charge in [-0.05, 0) is 74.4 Å². The van der Waals surface area contributed by atoms with E-state index in [1.807, 2.05) is 62.1 Å². The lowest BCUT2D eigenvalue weighted by Gasteiger charge is -2.32. The highest BCUT2D eigenvalue weighted by atomic mass is 16.2. The predicted molar refractivity (Wildman–Crippen MR) is 122 cm³/mol. The second-order valence-electron chi connectivity index (χ2n) is 8.28. The number of rotatable bonds is 5. The molecule has 2 aromatic rings. The lowest BCUT2D eigenvalue weighted by Crippen LogP contribution is -2.38. The number of amides is 3. The summed E-state index contributed by atoms with van der Waals surface area (Å²) in [6.07, 6.45) is 2.56. The van der Waals surface area contributed by atoms with Crippen LogP contribution in [0.15, 0.2) is 42.5 Å². The molecule has 0 radical (unpaired) electrons. The fourth-order valence-electron chi connectivity index (χ4n) is 3.98. The van der Waals surface area contributed by atoms with E-state index in [2.05, 4.69) is 16.7 Å². The molecule has 31 heavy (non-hydrogen) atoms. The lowest BCUT2D eigenvalue weighted by atomic mass is 9.89. The molecule has 1 fully saturated rings. The molecule has 1 aliphatic heterocycles. The van der Waals surface area contributed by atoms with Gasteiger partial charge in [0.2, 0.25) is 0 Å². The van der Waals surface area contributed by atoms with Crippen molar-refractivity contribution in [1.82, 2.24) is 10.2 Å². The molecular formula is C25H30N4O2. The number of anilines is 1. The van der Waals surface area contributed by atoms with E-state index in [0.717, 1.165) is 24.8 Å². The molecule has 0 spiro atoms. The minimum absolute atomic E-state index is 0.00625. The van der Waals surface area contributed by atoms with Crippen LogP contribution in [-0.4, -0.2) is 36.0 Å². The van der Waals surface area contributed by atoms with E-state index in [9.17, 15) is 9.59 Å². The highest BCUT2D eigenvalue weighted by Crippen LogP contribution is 2.29. The first-order valence-corrected chi connectivity index (χ1v) is 10.9. The monoisotopic (exact) mass is 418 g/mol. The Labute approximate surface area is 184 Å². The molecule has 0 atom stereocenters. The number of benzene rings is 2. The predicted octanol–water partition coefficient (Wildman–Crippen LogP) is 4.67. The third-order valence-corrected chi connectivity index (χ3v) is 5.70. The Morgan fingerprint density at radius 1 is 1.13 bits per heavy atom. The summed E-state index contributed by atoms with van der Waals surface area (Å²) < 4.78 is 0. The summed E-state index contributed by atoms with van der Waals surface area (Å²) >= 11 is 0. The van der Waals surface area contributed by atoms with Gasteiger partial charge >= 0.3 is 6.03 Å². The number of nitrogens with one attached hydrogen (secondary N) is 2. The van der Waals surface area contributed by atoms with Crippen LogP contribution in [0.1, 0.15) is 66.6 Å². The highest BCUT2D eigenvalue weighted by Gasteiger charge is 2.25.